The van der Waals surface area contributed by atoms with Gasteiger partial charge >= 0.3 is 6.18 Å². The molecular weight excluding hydrogens is 431 g/mol. The van der Waals surface area contributed by atoms with E-state index in [0.29, 0.717) is 12.8 Å². The van der Waals surface area contributed by atoms with E-state index in [1.807, 2.05) is 6.92 Å². The molecule has 3 fully saturated rings. The molecule has 0 radical (unpaired) electrons. The number of allylic oxidation sites excluding steroid dienone is 2. The molecule has 2 aromatic rings. The monoisotopic (exact) mass is 452 g/mol. The molecule has 0 atom stereocenters. The summed E-state index contributed by atoms with van der Waals surface area (Å²) in [4.78, 5) is 16.6. The van der Waals surface area contributed by atoms with E-state index < -0.39 is 17.8 Å². The van der Waals surface area contributed by atoms with Gasteiger partial charge in [0.25, 0.3) is 0 Å². The van der Waals surface area contributed by atoms with Crippen molar-refractivity contribution >= 4 is 11.9 Å². The third kappa shape index (κ3) is 4.24. The molecule has 3 aliphatic carbocycles. The quantitative estimate of drug-likeness (QED) is 0.590. The Balaban J connectivity index is 1.40. The van der Waals surface area contributed by atoms with Gasteiger partial charge in [-0.1, -0.05) is 11.6 Å². The predicted octanol–water partition coefficient (Wildman–Crippen LogP) is 5.42. The number of halogens is 5. The number of hydrogen-bond acceptors (Lipinski definition) is 6. The lowest BCUT2D eigenvalue weighted by atomic mass is 9.52. The van der Waals surface area contributed by atoms with Crippen LogP contribution in [-0.4, -0.2) is 31.9 Å². The Morgan fingerprint density at radius 2 is 1.69 bits per heavy atom. The van der Waals surface area contributed by atoms with Gasteiger partial charge in [0.1, 0.15) is 11.4 Å². The van der Waals surface area contributed by atoms with Crippen LogP contribution in [0.1, 0.15) is 51.1 Å². The Labute approximate surface area is 180 Å². The van der Waals surface area contributed by atoms with Gasteiger partial charge in [-0.2, -0.15) is 28.1 Å². The fourth-order valence-electron chi connectivity index (χ4n) is 4.63. The van der Waals surface area contributed by atoms with Crippen molar-refractivity contribution in [3.05, 3.63) is 35.2 Å². The van der Waals surface area contributed by atoms with Crippen molar-refractivity contribution in [2.24, 2.45) is 5.41 Å². The van der Waals surface area contributed by atoms with Crippen LogP contribution in [0.3, 0.4) is 0 Å². The minimum atomic E-state index is -4.59. The zero-order valence-electron chi connectivity index (χ0n) is 17.2. The predicted molar refractivity (Wildman–Crippen MR) is 107 cm³/mol. The summed E-state index contributed by atoms with van der Waals surface area (Å²) in [5.41, 5.74) is 0.722. The molecule has 0 aromatic carbocycles. The Morgan fingerprint density at radius 3 is 2.31 bits per heavy atom. The van der Waals surface area contributed by atoms with Crippen LogP contribution in [0.25, 0.3) is 11.5 Å². The minimum Gasteiger partial charge on any atom is -0.351 e. The molecule has 6 nitrogen and oxygen atoms in total. The molecule has 2 aromatic heterocycles. The van der Waals surface area contributed by atoms with E-state index in [1.165, 1.54) is 17.7 Å². The number of hydrogen-bond donors (Lipinski definition) is 2. The average Bonchev–Trinajstić information content (AvgIpc) is 3.50. The molecule has 32 heavy (non-hydrogen) atoms. The molecule has 0 aliphatic heterocycles. The first-order valence-electron chi connectivity index (χ1n) is 10.4. The van der Waals surface area contributed by atoms with Gasteiger partial charge in [0.15, 0.2) is 5.82 Å². The number of anilines is 2. The second-order valence-electron chi connectivity index (χ2n) is 9.02. The van der Waals surface area contributed by atoms with Crippen molar-refractivity contribution in [3.8, 4) is 11.5 Å². The number of nitrogens with one attached hydrogen (secondary N) is 2. The normalized spacial score (nSPS) is 21.0. The fraction of sp³-hybridized carbons (Fsp3) is 0.524. The van der Waals surface area contributed by atoms with Gasteiger partial charge < -0.3 is 10.6 Å². The van der Waals surface area contributed by atoms with Crippen molar-refractivity contribution in [2.75, 3.05) is 10.6 Å². The van der Waals surface area contributed by atoms with Crippen LogP contribution in [0, 0.1) is 5.41 Å². The number of aromatic nitrogens is 4. The molecule has 0 saturated heterocycles. The van der Waals surface area contributed by atoms with E-state index in [0.717, 1.165) is 24.6 Å². The zero-order valence-corrected chi connectivity index (χ0v) is 17.2. The smallest absolute Gasteiger partial charge is 0.351 e. The second-order valence-corrected chi connectivity index (χ2v) is 9.02. The summed E-state index contributed by atoms with van der Waals surface area (Å²) in [6, 6.07) is 3.46. The van der Waals surface area contributed by atoms with Crippen LogP contribution in [0.4, 0.5) is 33.8 Å². The van der Waals surface area contributed by atoms with Crippen LogP contribution in [0.2, 0.25) is 0 Å². The molecule has 0 bridgehead atoms. The molecule has 2 N–H and O–H groups in total. The summed E-state index contributed by atoms with van der Waals surface area (Å²) in [6.45, 7) is 1.88. The highest BCUT2D eigenvalue weighted by Crippen LogP contribution is 2.62. The van der Waals surface area contributed by atoms with Gasteiger partial charge in [0, 0.05) is 24.6 Å². The third-order valence-corrected chi connectivity index (χ3v) is 6.19. The first kappa shape index (κ1) is 21.0. The van der Waals surface area contributed by atoms with Crippen molar-refractivity contribution in [1.29, 1.82) is 0 Å². The van der Waals surface area contributed by atoms with E-state index in [-0.39, 0.29) is 47.7 Å². The summed E-state index contributed by atoms with van der Waals surface area (Å²) in [5.74, 6) is -2.21. The number of rotatable bonds is 5. The maximum absolute atomic E-state index is 13.3. The summed E-state index contributed by atoms with van der Waals surface area (Å²) in [5, 5.41) is 6.22. The van der Waals surface area contributed by atoms with Crippen molar-refractivity contribution in [1.82, 2.24) is 19.9 Å². The lowest BCUT2D eigenvalue weighted by molar-refractivity contribution is -0.193. The molecule has 3 saturated carbocycles. The number of alkyl halides is 5. The van der Waals surface area contributed by atoms with Gasteiger partial charge in [-0.3, -0.25) is 0 Å². The zero-order chi connectivity index (χ0) is 22.7. The maximum Gasteiger partial charge on any atom is 0.433 e. The summed E-state index contributed by atoms with van der Waals surface area (Å²) < 4.78 is 65.8. The van der Waals surface area contributed by atoms with E-state index in [4.69, 9.17) is 0 Å². The molecule has 0 unspecified atom stereocenters. The first-order chi connectivity index (χ1) is 15.0. The summed E-state index contributed by atoms with van der Waals surface area (Å²) in [7, 11) is 0. The maximum atomic E-state index is 13.3. The molecule has 1 spiro atoms. The van der Waals surface area contributed by atoms with Crippen molar-refractivity contribution in [3.63, 3.8) is 0 Å². The second kappa shape index (κ2) is 7.08. The Kier molecular flexibility index (Phi) is 4.65. The Bertz CT molecular complexity index is 1070. The molecule has 170 valence electrons. The standard InChI is InChI=1S/C21H21F5N6/c1-11(12-5-6-12)27-17-30-16(14-3-2-4-15(29-14)21(24,25)26)31-18(32-17)28-13-7-19(8-13)9-20(22,23)10-19/h2-4,13H,5-10H2,1H3,(H2,27,28,30,31,32). The average molecular weight is 452 g/mol. The lowest BCUT2D eigenvalue weighted by Crippen LogP contribution is -2.57. The Morgan fingerprint density at radius 1 is 1.00 bits per heavy atom. The van der Waals surface area contributed by atoms with E-state index in [9.17, 15) is 22.0 Å². The molecule has 5 rings (SSSR count). The lowest BCUT2D eigenvalue weighted by Gasteiger charge is -2.57. The number of nitrogens with zero attached hydrogens (tertiary/aromatic N) is 4. The highest BCUT2D eigenvalue weighted by atomic mass is 19.4. The third-order valence-electron chi connectivity index (χ3n) is 6.19. The van der Waals surface area contributed by atoms with Gasteiger partial charge in [-0.25, -0.2) is 13.8 Å². The highest BCUT2D eigenvalue weighted by Gasteiger charge is 2.61. The van der Waals surface area contributed by atoms with Gasteiger partial charge in [0.2, 0.25) is 17.8 Å². The van der Waals surface area contributed by atoms with Crippen LogP contribution in [0.5, 0.6) is 0 Å². The van der Waals surface area contributed by atoms with E-state index in [2.05, 4.69) is 30.6 Å². The van der Waals surface area contributed by atoms with Crippen LogP contribution in [0.15, 0.2) is 29.5 Å². The van der Waals surface area contributed by atoms with Crippen LogP contribution >= 0.6 is 0 Å². The van der Waals surface area contributed by atoms with E-state index >= 15 is 0 Å². The van der Waals surface area contributed by atoms with Gasteiger partial charge in [-0.15, -0.1) is 0 Å². The van der Waals surface area contributed by atoms with E-state index in [1.54, 1.807) is 0 Å². The molecule has 3 aliphatic rings. The van der Waals surface area contributed by atoms with Gasteiger partial charge in [-0.05, 0) is 50.2 Å². The van der Waals surface area contributed by atoms with Crippen molar-refractivity contribution < 1.29 is 22.0 Å². The SMILES string of the molecule is CC(Nc1nc(NC2CC3(C2)CC(F)(F)C3)nc(-c2cccc(C(F)(F)F)n2)n1)=C1CC1. The topological polar surface area (TPSA) is 75.6 Å². The molecule has 11 heteroatoms. The Hall–Kier alpha value is -2.85. The van der Waals surface area contributed by atoms with Crippen LogP contribution < -0.4 is 10.6 Å². The molecule has 2 heterocycles. The molecule has 0 amide bonds. The largest absolute Gasteiger partial charge is 0.433 e. The van der Waals surface area contributed by atoms with Crippen molar-refractivity contribution in [2.45, 2.75) is 63.6 Å². The summed E-state index contributed by atoms with van der Waals surface area (Å²) >= 11 is 0. The highest BCUT2D eigenvalue weighted by molar-refractivity contribution is 5.55. The van der Waals surface area contributed by atoms with Crippen LogP contribution in [-0.2, 0) is 6.18 Å². The fourth-order valence-corrected chi connectivity index (χ4v) is 4.63. The minimum absolute atomic E-state index is 0.00564. The van der Waals surface area contributed by atoms with Gasteiger partial charge in [0.05, 0.1) is 0 Å². The molecular formula is C21H21F5N6. The number of pyridine rings is 1. The first-order valence-corrected chi connectivity index (χ1v) is 10.4. The summed E-state index contributed by atoms with van der Waals surface area (Å²) in [6.07, 6.45) is -1.68.